The molecule has 1 aromatic heterocycles. The van der Waals surface area contributed by atoms with Gasteiger partial charge in [0.1, 0.15) is 12.3 Å². The first-order valence-electron chi connectivity index (χ1n) is 7.49. The number of cyclic esters (lactones) is 1. The first-order valence-corrected chi connectivity index (χ1v) is 7.49. The van der Waals surface area contributed by atoms with Gasteiger partial charge >= 0.3 is 5.97 Å². The van der Waals surface area contributed by atoms with Crippen molar-refractivity contribution in [2.75, 3.05) is 6.61 Å². The molecule has 0 bridgehead atoms. The molecule has 21 heavy (non-hydrogen) atoms. The number of esters is 1. The Hall–Kier alpha value is -2.17. The molecule has 0 amide bonds. The molecular weight excluding hydrogens is 266 g/mol. The zero-order valence-electron chi connectivity index (χ0n) is 12.2. The molecule has 2 heterocycles. The fourth-order valence-electron chi connectivity index (χ4n) is 2.57. The third-order valence-electron chi connectivity index (χ3n) is 3.76. The van der Waals surface area contributed by atoms with E-state index in [1.807, 2.05) is 12.1 Å². The highest BCUT2D eigenvalue weighted by molar-refractivity contribution is 5.94. The van der Waals surface area contributed by atoms with Crippen LogP contribution in [-0.4, -0.2) is 27.6 Å². The van der Waals surface area contributed by atoms with Crippen molar-refractivity contribution in [1.29, 1.82) is 0 Å². The van der Waals surface area contributed by atoms with E-state index in [0.29, 0.717) is 24.5 Å². The van der Waals surface area contributed by atoms with E-state index in [-0.39, 0.29) is 5.97 Å². The van der Waals surface area contributed by atoms with Gasteiger partial charge in [0.15, 0.2) is 5.69 Å². The van der Waals surface area contributed by atoms with E-state index >= 15 is 0 Å². The maximum Gasteiger partial charge on any atom is 0.359 e. The molecule has 1 aliphatic rings. The average Bonchev–Trinajstić information content (AvgIpc) is 2.94. The van der Waals surface area contributed by atoms with Crippen LogP contribution in [0.3, 0.4) is 0 Å². The number of rotatable bonds is 5. The minimum absolute atomic E-state index is 0.340. The van der Waals surface area contributed by atoms with Gasteiger partial charge in [0.05, 0.1) is 6.54 Å². The molecule has 0 radical (unpaired) electrons. The normalized spacial score (nSPS) is 13.9. The van der Waals surface area contributed by atoms with Crippen molar-refractivity contribution in [3.63, 3.8) is 0 Å². The number of nitrogens with zero attached hydrogens (tertiary/aromatic N) is 3. The van der Waals surface area contributed by atoms with Gasteiger partial charge in [0, 0.05) is 5.56 Å². The summed E-state index contributed by atoms with van der Waals surface area (Å²) in [6, 6.07) is 8.22. The molecule has 0 fully saturated rings. The number of unbranched alkanes of at least 4 members (excludes halogenated alkanes) is 2. The van der Waals surface area contributed by atoms with Gasteiger partial charge < -0.3 is 4.74 Å². The highest BCUT2D eigenvalue weighted by Crippen LogP contribution is 2.24. The molecule has 1 aliphatic heterocycles. The average molecular weight is 285 g/mol. The molecular formula is C16H19N3O2. The summed E-state index contributed by atoms with van der Waals surface area (Å²) in [6.07, 6.45) is 4.79. The van der Waals surface area contributed by atoms with E-state index in [4.69, 9.17) is 4.74 Å². The Labute approximate surface area is 123 Å². The second-order valence-electron chi connectivity index (χ2n) is 5.30. The molecule has 0 saturated heterocycles. The van der Waals surface area contributed by atoms with E-state index < -0.39 is 0 Å². The van der Waals surface area contributed by atoms with E-state index in [1.165, 1.54) is 24.8 Å². The van der Waals surface area contributed by atoms with E-state index in [2.05, 4.69) is 29.4 Å². The standard InChI is InChI=1S/C16H19N3O2/c1-2-3-4-5-12-6-8-13(9-7-12)14-15-16(20)21-11-10-19(15)18-17-14/h6-9H,2-5,10-11H2,1H3. The van der Waals surface area contributed by atoms with Crippen LogP contribution in [-0.2, 0) is 17.7 Å². The van der Waals surface area contributed by atoms with Crippen molar-refractivity contribution in [2.45, 2.75) is 39.2 Å². The topological polar surface area (TPSA) is 57.0 Å². The summed E-state index contributed by atoms with van der Waals surface area (Å²) in [5, 5.41) is 8.17. The Kier molecular flexibility index (Phi) is 3.99. The monoisotopic (exact) mass is 285 g/mol. The minimum atomic E-state index is -0.340. The van der Waals surface area contributed by atoms with Crippen molar-refractivity contribution in [3.05, 3.63) is 35.5 Å². The number of ether oxygens (including phenoxy) is 1. The predicted octanol–water partition coefficient (Wildman–Crippen LogP) is 2.85. The van der Waals surface area contributed by atoms with Crippen LogP contribution in [0.25, 0.3) is 11.3 Å². The Balaban J connectivity index is 1.81. The lowest BCUT2D eigenvalue weighted by atomic mass is 10.0. The first-order chi connectivity index (χ1) is 10.3. The summed E-state index contributed by atoms with van der Waals surface area (Å²) in [6.45, 7) is 3.14. The lowest BCUT2D eigenvalue weighted by molar-refractivity contribution is 0.0412. The van der Waals surface area contributed by atoms with Gasteiger partial charge in [-0.15, -0.1) is 5.10 Å². The molecule has 1 aromatic carbocycles. The van der Waals surface area contributed by atoms with Crippen LogP contribution >= 0.6 is 0 Å². The SMILES string of the molecule is CCCCCc1ccc(-c2nnn3c2C(=O)OCC3)cc1. The number of aromatic nitrogens is 3. The molecule has 0 atom stereocenters. The molecule has 5 nitrogen and oxygen atoms in total. The Morgan fingerprint density at radius 3 is 2.81 bits per heavy atom. The number of fused-ring (bicyclic) bond motifs is 1. The number of aryl methyl sites for hydroxylation is 1. The molecule has 0 unspecified atom stereocenters. The van der Waals surface area contributed by atoms with Crippen molar-refractivity contribution in [1.82, 2.24) is 15.0 Å². The number of hydrogen-bond donors (Lipinski definition) is 0. The molecule has 0 aliphatic carbocycles. The molecule has 5 heteroatoms. The van der Waals surface area contributed by atoms with Crippen LogP contribution in [0.1, 0.15) is 42.2 Å². The number of hydrogen-bond acceptors (Lipinski definition) is 4. The summed E-state index contributed by atoms with van der Waals surface area (Å²) < 4.78 is 6.70. The number of carbonyl (C=O) groups is 1. The van der Waals surface area contributed by atoms with Crippen LogP contribution in [0, 0.1) is 0 Å². The maximum absolute atomic E-state index is 11.9. The molecule has 0 saturated carbocycles. The zero-order chi connectivity index (χ0) is 14.7. The van der Waals surface area contributed by atoms with Crippen LogP contribution in [0.4, 0.5) is 0 Å². The van der Waals surface area contributed by atoms with Gasteiger partial charge in [0.25, 0.3) is 0 Å². The fraction of sp³-hybridized carbons (Fsp3) is 0.438. The summed E-state index contributed by atoms with van der Waals surface area (Å²) >= 11 is 0. The fourth-order valence-corrected chi connectivity index (χ4v) is 2.57. The Morgan fingerprint density at radius 2 is 2.05 bits per heavy atom. The van der Waals surface area contributed by atoms with Gasteiger partial charge in [0.2, 0.25) is 0 Å². The van der Waals surface area contributed by atoms with E-state index in [1.54, 1.807) is 4.68 Å². The van der Waals surface area contributed by atoms with Crippen LogP contribution in [0.15, 0.2) is 24.3 Å². The molecule has 0 N–H and O–H groups in total. The second-order valence-corrected chi connectivity index (χ2v) is 5.30. The van der Waals surface area contributed by atoms with Gasteiger partial charge in [-0.05, 0) is 18.4 Å². The molecule has 0 spiro atoms. The molecule has 110 valence electrons. The summed E-state index contributed by atoms with van der Waals surface area (Å²) in [4.78, 5) is 11.9. The second kappa shape index (κ2) is 6.08. The highest BCUT2D eigenvalue weighted by atomic mass is 16.5. The minimum Gasteiger partial charge on any atom is -0.459 e. The van der Waals surface area contributed by atoms with Crippen molar-refractivity contribution >= 4 is 5.97 Å². The van der Waals surface area contributed by atoms with Crippen LogP contribution < -0.4 is 0 Å². The molecule has 3 rings (SSSR count). The van der Waals surface area contributed by atoms with E-state index in [9.17, 15) is 4.79 Å². The zero-order valence-corrected chi connectivity index (χ0v) is 12.2. The van der Waals surface area contributed by atoms with Gasteiger partial charge in [-0.1, -0.05) is 49.2 Å². The maximum atomic E-state index is 11.9. The van der Waals surface area contributed by atoms with Crippen molar-refractivity contribution < 1.29 is 9.53 Å². The largest absolute Gasteiger partial charge is 0.459 e. The Bertz CT molecular complexity index is 631. The lowest BCUT2D eigenvalue weighted by Gasteiger charge is -2.13. The Morgan fingerprint density at radius 1 is 1.24 bits per heavy atom. The van der Waals surface area contributed by atoms with E-state index in [0.717, 1.165) is 12.0 Å². The van der Waals surface area contributed by atoms with Crippen molar-refractivity contribution in [2.24, 2.45) is 0 Å². The van der Waals surface area contributed by atoms with Crippen LogP contribution in [0.5, 0.6) is 0 Å². The van der Waals surface area contributed by atoms with Gasteiger partial charge in [-0.2, -0.15) is 0 Å². The highest BCUT2D eigenvalue weighted by Gasteiger charge is 2.26. The summed E-state index contributed by atoms with van der Waals surface area (Å²) in [7, 11) is 0. The van der Waals surface area contributed by atoms with Gasteiger partial charge in [-0.25, -0.2) is 9.48 Å². The third-order valence-corrected chi connectivity index (χ3v) is 3.76. The quantitative estimate of drug-likeness (QED) is 0.626. The number of benzene rings is 1. The number of carbonyl (C=O) groups excluding carboxylic acids is 1. The first kappa shape index (κ1) is 13.8. The van der Waals surface area contributed by atoms with Gasteiger partial charge in [-0.3, -0.25) is 0 Å². The van der Waals surface area contributed by atoms with Crippen molar-refractivity contribution in [3.8, 4) is 11.3 Å². The molecule has 2 aromatic rings. The summed E-state index contributed by atoms with van der Waals surface area (Å²) in [5.41, 5.74) is 3.30. The summed E-state index contributed by atoms with van der Waals surface area (Å²) in [5.74, 6) is -0.340. The predicted molar refractivity (Wildman–Crippen MR) is 79.0 cm³/mol. The lowest BCUT2D eigenvalue weighted by Crippen LogP contribution is -2.23. The van der Waals surface area contributed by atoms with Crippen LogP contribution in [0.2, 0.25) is 0 Å². The smallest absolute Gasteiger partial charge is 0.359 e. The third kappa shape index (κ3) is 2.82.